The van der Waals surface area contributed by atoms with Gasteiger partial charge in [0.05, 0.1) is 37.0 Å². The molecule has 2 atom stereocenters. The maximum Gasteiger partial charge on any atom is 0.179 e. The number of fused-ring (bicyclic) bond motifs is 1. The Hall–Kier alpha value is -1.01. The van der Waals surface area contributed by atoms with Crippen molar-refractivity contribution in [2.75, 3.05) is 19.8 Å². The van der Waals surface area contributed by atoms with Crippen LogP contribution in [0.2, 0.25) is 5.02 Å². The molecule has 100 valence electrons. The van der Waals surface area contributed by atoms with Crippen molar-refractivity contribution in [3.05, 3.63) is 22.7 Å². The monoisotopic (exact) mass is 273 g/mol. The number of rotatable bonds is 3. The molecular weight excluding hydrogens is 258 g/mol. The Morgan fingerprint density at radius 3 is 2.78 bits per heavy atom. The Bertz CT molecular complexity index is 427. The molecule has 0 radical (unpaired) electrons. The van der Waals surface area contributed by atoms with Crippen molar-refractivity contribution < 1.29 is 19.7 Å². The summed E-state index contributed by atoms with van der Waals surface area (Å²) in [5.41, 5.74) is 6.10. The fourth-order valence-corrected chi connectivity index (χ4v) is 2.04. The molecule has 0 saturated carbocycles. The summed E-state index contributed by atoms with van der Waals surface area (Å²) >= 11 is 6.09. The quantitative estimate of drug-likeness (QED) is 0.760. The van der Waals surface area contributed by atoms with E-state index in [1.807, 2.05) is 0 Å². The molecule has 18 heavy (non-hydrogen) atoms. The molecule has 0 spiro atoms. The van der Waals surface area contributed by atoms with Crippen LogP contribution in [0.3, 0.4) is 0 Å². The van der Waals surface area contributed by atoms with Crippen LogP contribution in [0.1, 0.15) is 18.1 Å². The topological polar surface area (TPSA) is 84.9 Å². The molecule has 0 aromatic heterocycles. The second-order valence-corrected chi connectivity index (χ2v) is 4.58. The van der Waals surface area contributed by atoms with Crippen LogP contribution in [0.4, 0.5) is 0 Å². The molecule has 5 nitrogen and oxygen atoms in total. The first-order valence-corrected chi connectivity index (χ1v) is 6.15. The van der Waals surface area contributed by atoms with Gasteiger partial charge in [0.1, 0.15) is 0 Å². The van der Waals surface area contributed by atoms with E-state index in [0.29, 0.717) is 35.3 Å². The molecule has 0 fully saturated rings. The average Bonchev–Trinajstić information content (AvgIpc) is 2.62. The van der Waals surface area contributed by atoms with Crippen LogP contribution < -0.4 is 15.2 Å². The van der Waals surface area contributed by atoms with Crippen molar-refractivity contribution in [3.8, 4) is 11.5 Å². The standard InChI is InChI=1S/C12H16ClNO4/c13-8-4-7(11(16)9(14)6-15)5-10-12(8)18-3-1-2-17-10/h4-5,9,11,15-16H,1-3,6,14H2. The lowest BCUT2D eigenvalue weighted by Gasteiger charge is -2.19. The molecule has 4 N–H and O–H groups in total. The van der Waals surface area contributed by atoms with E-state index in [9.17, 15) is 5.11 Å². The Labute approximate surface area is 110 Å². The third-order valence-electron chi connectivity index (χ3n) is 2.78. The fraction of sp³-hybridized carbons (Fsp3) is 0.500. The molecule has 1 aromatic carbocycles. The van der Waals surface area contributed by atoms with Gasteiger partial charge in [-0.15, -0.1) is 0 Å². The van der Waals surface area contributed by atoms with Crippen molar-refractivity contribution in [2.45, 2.75) is 18.6 Å². The summed E-state index contributed by atoms with van der Waals surface area (Å²) in [4.78, 5) is 0. The summed E-state index contributed by atoms with van der Waals surface area (Å²) in [6.45, 7) is 0.771. The van der Waals surface area contributed by atoms with Crippen LogP contribution >= 0.6 is 11.6 Å². The second kappa shape index (κ2) is 5.75. The number of aliphatic hydroxyl groups is 2. The number of hydrogen-bond acceptors (Lipinski definition) is 5. The Morgan fingerprint density at radius 1 is 1.33 bits per heavy atom. The lowest BCUT2D eigenvalue weighted by atomic mass is 10.0. The van der Waals surface area contributed by atoms with E-state index < -0.39 is 12.1 Å². The number of nitrogens with two attached hydrogens (primary N) is 1. The summed E-state index contributed by atoms with van der Waals surface area (Å²) in [5.74, 6) is 0.988. The van der Waals surface area contributed by atoms with Crippen LogP contribution in [0.5, 0.6) is 11.5 Å². The van der Waals surface area contributed by atoms with Gasteiger partial charge >= 0.3 is 0 Å². The minimum atomic E-state index is -0.996. The van der Waals surface area contributed by atoms with Crippen molar-refractivity contribution in [3.63, 3.8) is 0 Å². The molecular formula is C12H16ClNO4. The molecule has 6 heteroatoms. The van der Waals surface area contributed by atoms with E-state index >= 15 is 0 Å². The highest BCUT2D eigenvalue weighted by atomic mass is 35.5. The molecule has 1 aliphatic heterocycles. The molecule has 0 bridgehead atoms. The summed E-state index contributed by atoms with van der Waals surface area (Å²) in [5, 5.41) is 19.3. The highest BCUT2D eigenvalue weighted by Gasteiger charge is 2.21. The molecule has 2 unspecified atom stereocenters. The zero-order chi connectivity index (χ0) is 13.1. The van der Waals surface area contributed by atoms with Gasteiger partial charge in [0.2, 0.25) is 0 Å². The van der Waals surface area contributed by atoms with Gasteiger partial charge in [-0.05, 0) is 17.7 Å². The Balaban J connectivity index is 2.34. The molecule has 1 aromatic rings. The smallest absolute Gasteiger partial charge is 0.179 e. The van der Waals surface area contributed by atoms with Crippen molar-refractivity contribution >= 4 is 11.6 Å². The van der Waals surface area contributed by atoms with Crippen molar-refractivity contribution in [1.82, 2.24) is 0 Å². The Kier molecular flexibility index (Phi) is 4.29. The van der Waals surface area contributed by atoms with Gasteiger partial charge in [-0.25, -0.2) is 0 Å². The summed E-state index contributed by atoms with van der Waals surface area (Å²) in [6.07, 6.45) is -0.219. The third-order valence-corrected chi connectivity index (χ3v) is 3.06. The highest BCUT2D eigenvalue weighted by molar-refractivity contribution is 6.32. The van der Waals surface area contributed by atoms with Crippen LogP contribution in [0.25, 0.3) is 0 Å². The zero-order valence-corrected chi connectivity index (χ0v) is 10.6. The van der Waals surface area contributed by atoms with E-state index in [0.717, 1.165) is 6.42 Å². The zero-order valence-electron chi connectivity index (χ0n) is 9.80. The van der Waals surface area contributed by atoms with E-state index in [-0.39, 0.29) is 6.61 Å². The number of ether oxygens (including phenoxy) is 2. The van der Waals surface area contributed by atoms with E-state index in [4.69, 9.17) is 31.9 Å². The first-order valence-electron chi connectivity index (χ1n) is 5.77. The third kappa shape index (κ3) is 2.70. The minimum absolute atomic E-state index is 0.312. The van der Waals surface area contributed by atoms with Crippen molar-refractivity contribution in [1.29, 1.82) is 0 Å². The maximum absolute atomic E-state index is 9.95. The lowest BCUT2D eigenvalue weighted by Crippen LogP contribution is -2.31. The highest BCUT2D eigenvalue weighted by Crippen LogP contribution is 2.39. The normalized spacial score (nSPS) is 18.0. The minimum Gasteiger partial charge on any atom is -0.489 e. The van der Waals surface area contributed by atoms with Gasteiger partial charge in [0.15, 0.2) is 11.5 Å². The summed E-state index contributed by atoms with van der Waals surface area (Å²) in [6, 6.07) is 2.47. The van der Waals surface area contributed by atoms with Gasteiger partial charge in [-0.1, -0.05) is 11.6 Å². The number of hydrogen-bond donors (Lipinski definition) is 3. The summed E-state index contributed by atoms with van der Waals surface area (Å²) < 4.78 is 11.0. The van der Waals surface area contributed by atoms with E-state index in [2.05, 4.69) is 0 Å². The van der Waals surface area contributed by atoms with Gasteiger partial charge < -0.3 is 25.4 Å². The van der Waals surface area contributed by atoms with Crippen LogP contribution in [0.15, 0.2) is 12.1 Å². The molecule has 1 heterocycles. The maximum atomic E-state index is 9.95. The second-order valence-electron chi connectivity index (χ2n) is 4.17. The number of benzene rings is 1. The van der Waals surface area contributed by atoms with Gasteiger partial charge in [-0.3, -0.25) is 0 Å². The fourth-order valence-electron chi connectivity index (χ4n) is 1.77. The Morgan fingerprint density at radius 2 is 2.06 bits per heavy atom. The lowest BCUT2D eigenvalue weighted by molar-refractivity contribution is 0.109. The van der Waals surface area contributed by atoms with Crippen molar-refractivity contribution in [2.24, 2.45) is 5.73 Å². The predicted octanol–water partition coefficient (Wildman–Crippen LogP) is 0.854. The molecule has 0 saturated heterocycles. The molecule has 0 amide bonds. The first kappa shape index (κ1) is 13.4. The first-order chi connectivity index (χ1) is 8.63. The largest absolute Gasteiger partial charge is 0.489 e. The number of halogens is 1. The van der Waals surface area contributed by atoms with Crippen LogP contribution in [-0.2, 0) is 0 Å². The van der Waals surface area contributed by atoms with E-state index in [1.54, 1.807) is 12.1 Å². The SMILES string of the molecule is NC(CO)C(O)c1cc(Cl)c2c(c1)OCCCO2. The van der Waals surface area contributed by atoms with Gasteiger partial charge in [0.25, 0.3) is 0 Å². The number of aliphatic hydroxyl groups excluding tert-OH is 2. The van der Waals surface area contributed by atoms with Gasteiger partial charge in [0, 0.05) is 6.42 Å². The molecule has 2 rings (SSSR count). The molecule has 1 aliphatic rings. The van der Waals surface area contributed by atoms with Gasteiger partial charge in [-0.2, -0.15) is 0 Å². The molecule has 0 aliphatic carbocycles. The van der Waals surface area contributed by atoms with Crippen LogP contribution in [-0.4, -0.2) is 36.1 Å². The predicted molar refractivity (Wildman–Crippen MR) is 67.1 cm³/mol. The average molecular weight is 274 g/mol. The van der Waals surface area contributed by atoms with E-state index in [1.165, 1.54) is 0 Å². The summed E-state index contributed by atoms with van der Waals surface area (Å²) in [7, 11) is 0. The van der Waals surface area contributed by atoms with Crippen LogP contribution in [0, 0.1) is 0 Å².